The van der Waals surface area contributed by atoms with Gasteiger partial charge in [0.2, 0.25) is 29.5 Å². The van der Waals surface area contributed by atoms with Crippen molar-refractivity contribution in [3.8, 4) is 16.3 Å². The van der Waals surface area contributed by atoms with Crippen molar-refractivity contribution in [2.45, 2.75) is 180 Å². The number of aliphatic hydroxyl groups is 2. The van der Waals surface area contributed by atoms with Gasteiger partial charge in [-0.25, -0.2) is 18.1 Å². The van der Waals surface area contributed by atoms with Crippen molar-refractivity contribution >= 4 is 108 Å². The van der Waals surface area contributed by atoms with Crippen molar-refractivity contribution in [2.24, 2.45) is 16.7 Å². The molecule has 4 aromatic carbocycles. The van der Waals surface area contributed by atoms with Crippen LogP contribution in [0.25, 0.3) is 27.0 Å². The number of aliphatic hydroxyl groups excluding tert-OH is 1. The zero-order chi connectivity index (χ0) is 80.8. The lowest BCUT2D eigenvalue weighted by molar-refractivity contribution is -0.384. The number of nitrogens with zero attached hydrogens (tertiary/aromatic N) is 9. The Hall–Kier alpha value is -9.03. The maximum absolute atomic E-state index is 14.7. The molecule has 29 heteroatoms. The molecular formula is C85H109ClN14O12S2. The molecule has 0 radical (unpaired) electrons. The molecule has 3 aromatic heterocycles. The minimum atomic E-state index is -4.66. The van der Waals surface area contributed by atoms with E-state index in [1.165, 1.54) is 28.2 Å². The molecule has 0 bridgehead atoms. The lowest BCUT2D eigenvalue weighted by Gasteiger charge is -2.44. The van der Waals surface area contributed by atoms with E-state index in [1.54, 1.807) is 23.6 Å². The zero-order valence-electron chi connectivity index (χ0n) is 66.5. The number of nitro groups is 1. The van der Waals surface area contributed by atoms with Gasteiger partial charge in [-0.2, -0.15) is 4.98 Å². The molecule has 7 N–H and O–H groups in total. The summed E-state index contributed by atoms with van der Waals surface area (Å²) in [5.41, 5.74) is 9.46. The van der Waals surface area contributed by atoms with Crippen LogP contribution in [-0.2, 0) is 29.2 Å². The van der Waals surface area contributed by atoms with Crippen molar-refractivity contribution in [3.63, 3.8) is 0 Å². The number of aromatic amines is 1. The highest BCUT2D eigenvalue weighted by molar-refractivity contribution is 7.90. The number of β-amino-alcohol motifs (C(OH)–C–C–N with tert-alkyl or cyclic N) is 1. The number of unbranched alkanes of at least 4 members (excludes halogenated alkanes) is 3. The standard InChI is InChI=1S/C85H109ClN14O12S2/c1-55(58-15-17-60(18-16-58)76-56(2)89-54-113-76)90-80(105)72-47-65(101)52-99(72)82(106)77(83(3,4)5)91-74(102)13-10-8-9-11-14-75(103)97-42-38-95(39-43-97)53-84(6)31-29-62(68(49-84)59-19-21-63(86)22-20-59)51-94-36-40-96(41-37-94)64-23-25-67(70(46-64)98-35-12-44-112-81-73(98)45-61-30-34-87-78(61)92-81)79(104)93-114(110,111)66-24-26-69(71(48-66)100(108)109)88-50-57-27-32-85(7,107)33-28-57/h15-26,30,34,45-46,48,54-55,57,65,72,77,88,101,107H,8-14,27-29,31-33,35-44,47,49-53H2,1-7H3,(H,87,92)(H,90,105)(H,91,102)(H,93,104)/t55-,57?,65+,72-,77+,84-,85?/m0/s1. The van der Waals surface area contributed by atoms with Crippen LogP contribution in [-0.4, -0.2) is 203 Å². The number of nitrogens with one attached hydrogen (secondary N) is 5. The first-order valence-electron chi connectivity index (χ1n) is 40.3. The van der Waals surface area contributed by atoms with Gasteiger partial charge in [-0.3, -0.25) is 43.9 Å². The number of fused-ring (bicyclic) bond motifs is 2. The molecule has 7 heterocycles. The molecule has 2 aliphatic carbocycles. The average Bonchev–Trinajstić information content (AvgIpc) is 1.37. The number of thiazole rings is 1. The molecular weight excluding hydrogens is 1510 g/mol. The second-order valence-corrected chi connectivity index (χ2v) is 36.7. The highest BCUT2D eigenvalue weighted by Crippen LogP contribution is 2.46. The van der Waals surface area contributed by atoms with Gasteiger partial charge in [-0.05, 0) is 179 Å². The molecule has 114 heavy (non-hydrogen) atoms. The Morgan fingerprint density at radius 2 is 1.54 bits per heavy atom. The Morgan fingerprint density at radius 3 is 2.25 bits per heavy atom. The predicted octanol–water partition coefficient (Wildman–Crippen LogP) is 12.6. The number of allylic oxidation sites excluding steroid dienone is 1. The second-order valence-electron chi connectivity index (χ2n) is 33.8. The first kappa shape index (κ1) is 82.9. The molecule has 4 aliphatic heterocycles. The van der Waals surface area contributed by atoms with Crippen LogP contribution in [0.2, 0.25) is 5.02 Å². The van der Waals surface area contributed by atoms with E-state index in [9.17, 15) is 52.7 Å². The van der Waals surface area contributed by atoms with Gasteiger partial charge < -0.3 is 55.5 Å². The number of carbonyl (C=O) groups is 5. The topological polar surface area (TPSA) is 321 Å². The van der Waals surface area contributed by atoms with Crippen LogP contribution in [0.4, 0.5) is 28.4 Å². The summed E-state index contributed by atoms with van der Waals surface area (Å²) in [6.07, 6.45) is 10.5. The third-order valence-corrected chi connectivity index (χ3v) is 26.4. The molecule has 1 saturated carbocycles. The van der Waals surface area contributed by atoms with Crippen molar-refractivity contribution in [3.05, 3.63) is 152 Å². The summed E-state index contributed by atoms with van der Waals surface area (Å²) in [6.45, 7) is 22.3. The van der Waals surface area contributed by atoms with Gasteiger partial charge in [0.05, 0.1) is 61.5 Å². The fraction of sp³-hybridized carbons (Fsp3) is 0.518. The van der Waals surface area contributed by atoms with Gasteiger partial charge >= 0.3 is 0 Å². The van der Waals surface area contributed by atoms with Crippen LogP contribution in [0.5, 0.6) is 5.88 Å². The fourth-order valence-corrected chi connectivity index (χ4v) is 19.0. The molecule has 0 unspecified atom stereocenters. The Kier molecular flexibility index (Phi) is 25.9. The Morgan fingerprint density at radius 1 is 0.833 bits per heavy atom. The number of pyridine rings is 1. The van der Waals surface area contributed by atoms with E-state index in [-0.39, 0.29) is 65.7 Å². The van der Waals surface area contributed by atoms with Crippen molar-refractivity contribution in [2.75, 3.05) is 107 Å². The number of H-pyrrole nitrogens is 1. The van der Waals surface area contributed by atoms with Gasteiger partial charge in [-0.1, -0.05) is 94.1 Å². The minimum absolute atomic E-state index is 0.0132. The normalized spacial score (nSPS) is 21.9. The molecule has 5 amide bonds. The average molecular weight is 1620 g/mol. The third-order valence-electron chi connectivity index (χ3n) is 23.9. The van der Waals surface area contributed by atoms with E-state index < -0.39 is 66.5 Å². The van der Waals surface area contributed by atoms with E-state index in [0.717, 1.165) is 129 Å². The maximum Gasteiger partial charge on any atom is 0.293 e. The molecule has 4 fully saturated rings. The van der Waals surface area contributed by atoms with Crippen LogP contribution in [0, 0.1) is 33.8 Å². The number of halogens is 1. The summed E-state index contributed by atoms with van der Waals surface area (Å²) in [5, 5.41) is 44.4. The molecule has 0 spiro atoms. The molecule has 5 atom stereocenters. The van der Waals surface area contributed by atoms with Gasteiger partial charge in [-0.15, -0.1) is 11.3 Å². The molecule has 26 nitrogen and oxygen atoms in total. The van der Waals surface area contributed by atoms with Crippen molar-refractivity contribution < 1.29 is 52.3 Å². The molecule has 610 valence electrons. The lowest BCUT2D eigenvalue weighted by atomic mass is 9.70. The van der Waals surface area contributed by atoms with Crippen molar-refractivity contribution in [1.82, 2.24) is 49.9 Å². The third kappa shape index (κ3) is 20.1. The van der Waals surface area contributed by atoms with Crippen LogP contribution < -0.4 is 35.2 Å². The van der Waals surface area contributed by atoms with Gasteiger partial charge in [0.25, 0.3) is 21.6 Å². The Balaban J connectivity index is 0.586. The lowest BCUT2D eigenvalue weighted by Crippen LogP contribution is -2.57. The van der Waals surface area contributed by atoms with Crippen LogP contribution >= 0.6 is 22.9 Å². The summed E-state index contributed by atoms with van der Waals surface area (Å²) in [6, 6.07) is 26.8. The van der Waals surface area contributed by atoms with Gasteiger partial charge in [0, 0.05) is 133 Å². The number of hydrogen-bond acceptors (Lipinski definition) is 20. The number of piperazine rings is 2. The zero-order valence-corrected chi connectivity index (χ0v) is 68.9. The van der Waals surface area contributed by atoms with Crippen LogP contribution in [0.3, 0.4) is 0 Å². The molecule has 7 aromatic rings. The monoisotopic (exact) mass is 1620 g/mol. The second kappa shape index (κ2) is 35.6. The van der Waals surface area contributed by atoms with Gasteiger partial charge in [0.15, 0.2) is 0 Å². The molecule has 6 aliphatic rings. The number of rotatable bonds is 27. The highest BCUT2D eigenvalue weighted by Gasteiger charge is 2.45. The minimum Gasteiger partial charge on any atom is -0.476 e. The Labute approximate surface area is 677 Å². The summed E-state index contributed by atoms with van der Waals surface area (Å²) >= 11 is 8.09. The number of amides is 5. The van der Waals surface area contributed by atoms with E-state index in [0.29, 0.717) is 112 Å². The SMILES string of the molecule is Cc1ncsc1-c1ccc([C@H](C)NC(=O)[C@@H]2C[C@@H](O)CN2C(=O)[C@@H](NC(=O)CCCCCCC(=O)N2CCN(C[C@@]3(C)CCC(CN4CCN(c5ccc(C(=O)NS(=O)(=O)c6ccc(NCC7CCC(C)(O)CC7)c([N+](=O)[O-])c6)c(N6CCCOc7nc8[nH]ccc8cc76)c5)CC4)=C(c4ccc(Cl)cc4)C3)CC2)C(C)(C)C)cc1. The number of nitro benzene ring substituents is 1. The smallest absolute Gasteiger partial charge is 0.293 e. The largest absolute Gasteiger partial charge is 0.476 e. The first-order valence-corrected chi connectivity index (χ1v) is 43.0. The summed E-state index contributed by atoms with van der Waals surface area (Å²) in [5.74, 6) is -1.27. The van der Waals surface area contributed by atoms with E-state index >= 15 is 0 Å². The number of sulfonamides is 1. The number of likely N-dealkylation sites (tertiary alicyclic amines) is 1. The summed E-state index contributed by atoms with van der Waals surface area (Å²) in [4.78, 5) is 108. The number of aromatic nitrogens is 3. The highest BCUT2D eigenvalue weighted by atomic mass is 35.5. The number of hydrogen-bond donors (Lipinski definition) is 7. The van der Waals surface area contributed by atoms with E-state index in [4.69, 9.17) is 21.3 Å². The first-order chi connectivity index (χ1) is 54.4. The van der Waals surface area contributed by atoms with Crippen LogP contribution in [0.1, 0.15) is 171 Å². The van der Waals surface area contributed by atoms with Gasteiger partial charge in [0.1, 0.15) is 29.1 Å². The number of anilines is 4. The maximum atomic E-state index is 14.7. The van der Waals surface area contributed by atoms with E-state index in [2.05, 4.69) is 64.4 Å². The number of carbonyl (C=O) groups excluding carboxylic acids is 5. The van der Waals surface area contributed by atoms with Crippen LogP contribution in [0.15, 0.2) is 119 Å². The number of ether oxygens (including phenoxy) is 1. The number of benzene rings is 4. The molecule has 3 saturated heterocycles. The quantitative estimate of drug-likeness (QED) is 0.0143. The number of aryl methyl sites for hydroxylation is 1. The predicted molar refractivity (Wildman–Crippen MR) is 445 cm³/mol. The Bertz CT molecular complexity index is 4790. The fourth-order valence-electron chi connectivity index (χ4n) is 17.1. The summed E-state index contributed by atoms with van der Waals surface area (Å²) in [7, 11) is -4.66. The molecule has 13 rings (SSSR count). The van der Waals surface area contributed by atoms with Crippen molar-refractivity contribution in [1.29, 1.82) is 0 Å². The van der Waals surface area contributed by atoms with E-state index in [1.807, 2.05) is 118 Å². The summed E-state index contributed by atoms with van der Waals surface area (Å²) < 4.78 is 36.9.